The molecule has 8 nitrogen and oxygen atoms in total. The highest BCUT2D eigenvalue weighted by molar-refractivity contribution is 5.79. The van der Waals surface area contributed by atoms with Crippen LogP contribution in [0.3, 0.4) is 0 Å². The van der Waals surface area contributed by atoms with Crippen LogP contribution < -0.4 is 25.4 Å². The molecule has 0 atom stereocenters. The van der Waals surface area contributed by atoms with Crippen LogP contribution in [0, 0.1) is 11.8 Å². The molecule has 0 spiro atoms. The van der Waals surface area contributed by atoms with E-state index in [4.69, 9.17) is 25.2 Å². The second-order valence-corrected chi connectivity index (χ2v) is 9.78. The maximum Gasteiger partial charge on any atom is 0.209 e. The zero-order chi connectivity index (χ0) is 25.4. The van der Waals surface area contributed by atoms with Gasteiger partial charge in [-0.25, -0.2) is 9.97 Å². The van der Waals surface area contributed by atoms with E-state index < -0.39 is 0 Å². The van der Waals surface area contributed by atoms with E-state index in [1.165, 1.54) is 0 Å². The summed E-state index contributed by atoms with van der Waals surface area (Å²) in [5.41, 5.74) is 8.36. The second-order valence-electron chi connectivity index (χ2n) is 9.78. The number of hydrogen-bond donors (Lipinski definition) is 2. The maximum absolute atomic E-state index is 5.87. The van der Waals surface area contributed by atoms with Crippen LogP contribution in [0.15, 0.2) is 30.3 Å². The van der Waals surface area contributed by atoms with Crippen LogP contribution in [0.2, 0.25) is 0 Å². The number of aryl methyl sites for hydroxylation is 1. The Balaban J connectivity index is 2.01. The molecule has 0 unspecified atom stereocenters. The summed E-state index contributed by atoms with van der Waals surface area (Å²) in [4.78, 5) is 12.4. The third-order valence-corrected chi connectivity index (χ3v) is 6.09. The largest absolute Gasteiger partial charge is 0.497 e. The molecule has 2 aromatic heterocycles. The molecule has 192 valence electrons. The second kappa shape index (κ2) is 12.6. The van der Waals surface area contributed by atoms with Crippen molar-refractivity contribution in [1.82, 2.24) is 14.5 Å². The van der Waals surface area contributed by atoms with E-state index in [0.717, 1.165) is 67.3 Å². The molecule has 3 N–H and O–H groups in total. The number of pyridine rings is 1. The van der Waals surface area contributed by atoms with Crippen molar-refractivity contribution in [3.05, 3.63) is 30.3 Å². The molecule has 3 aromatic rings. The van der Waals surface area contributed by atoms with E-state index in [9.17, 15) is 0 Å². The van der Waals surface area contributed by atoms with Gasteiger partial charge in [0.05, 0.1) is 19.9 Å². The first kappa shape index (κ1) is 26.6. The molecule has 0 amide bonds. The Kier molecular flexibility index (Phi) is 9.60. The summed E-state index contributed by atoms with van der Waals surface area (Å²) in [6.45, 7) is 12.4. The quantitative estimate of drug-likeness (QED) is 0.316. The number of fused-ring (bicyclic) bond motifs is 1. The minimum atomic E-state index is 0.593. The maximum atomic E-state index is 5.87. The molecule has 1 aromatic carbocycles. The number of rotatable bonds is 14. The number of methoxy groups -OCH3 is 2. The number of aromatic nitrogens is 3. The predicted molar refractivity (Wildman–Crippen MR) is 145 cm³/mol. The van der Waals surface area contributed by atoms with Crippen molar-refractivity contribution >= 4 is 28.6 Å². The lowest BCUT2D eigenvalue weighted by atomic mass is 10.1. The molecule has 8 heteroatoms. The van der Waals surface area contributed by atoms with Crippen molar-refractivity contribution in [2.24, 2.45) is 17.6 Å². The van der Waals surface area contributed by atoms with Gasteiger partial charge < -0.3 is 25.4 Å². The molecule has 2 heterocycles. The number of benzene rings is 1. The van der Waals surface area contributed by atoms with Crippen LogP contribution in [-0.4, -0.2) is 48.4 Å². The predicted octanol–water partition coefficient (Wildman–Crippen LogP) is 5.44. The SMILES string of the molecule is COc1ccc(OC)c(Nc2nc3ccc(N(CCC(C)C)CCC(C)C)nc3n2CCCN)c1. The van der Waals surface area contributed by atoms with Crippen molar-refractivity contribution in [3.8, 4) is 11.5 Å². The minimum absolute atomic E-state index is 0.593. The molecule has 0 aliphatic heterocycles. The third-order valence-electron chi connectivity index (χ3n) is 6.09. The Morgan fingerprint density at radius 3 is 2.29 bits per heavy atom. The Hall–Kier alpha value is -3.00. The topological polar surface area (TPSA) is 90.5 Å². The average Bonchev–Trinajstić information content (AvgIpc) is 3.18. The van der Waals surface area contributed by atoms with Crippen molar-refractivity contribution in [2.45, 2.75) is 53.5 Å². The van der Waals surface area contributed by atoms with Crippen molar-refractivity contribution in [3.63, 3.8) is 0 Å². The van der Waals surface area contributed by atoms with Gasteiger partial charge in [-0.2, -0.15) is 0 Å². The third kappa shape index (κ3) is 7.01. The highest BCUT2D eigenvalue weighted by Gasteiger charge is 2.17. The van der Waals surface area contributed by atoms with Crippen molar-refractivity contribution in [2.75, 3.05) is 44.1 Å². The Bertz CT molecular complexity index is 1070. The van der Waals surface area contributed by atoms with Gasteiger partial charge in [-0.05, 0) is 61.9 Å². The highest BCUT2D eigenvalue weighted by atomic mass is 16.5. The van der Waals surface area contributed by atoms with Crippen LogP contribution in [0.5, 0.6) is 11.5 Å². The molecule has 0 aliphatic carbocycles. The van der Waals surface area contributed by atoms with Gasteiger partial charge >= 0.3 is 0 Å². The van der Waals surface area contributed by atoms with E-state index in [1.807, 2.05) is 18.2 Å². The molecular weight excluding hydrogens is 440 g/mol. The zero-order valence-electron chi connectivity index (χ0n) is 22.2. The smallest absolute Gasteiger partial charge is 0.209 e. The number of nitrogens with one attached hydrogen (secondary N) is 1. The Labute approximate surface area is 209 Å². The molecule has 35 heavy (non-hydrogen) atoms. The standard InChI is InChI=1S/C27H42N6O2/c1-19(2)12-16-32(17-13-20(3)4)25-11-9-22-26(31-25)33(15-7-14-28)27(29-22)30-23-18-21(34-5)8-10-24(23)35-6/h8-11,18-20H,7,12-17,28H2,1-6H3,(H,29,30). The zero-order valence-corrected chi connectivity index (χ0v) is 22.2. The number of ether oxygens (including phenoxy) is 2. The summed E-state index contributed by atoms with van der Waals surface area (Å²) in [5, 5.41) is 3.45. The van der Waals surface area contributed by atoms with Gasteiger partial charge in [-0.3, -0.25) is 4.57 Å². The monoisotopic (exact) mass is 482 g/mol. The van der Waals surface area contributed by atoms with Crippen LogP contribution in [-0.2, 0) is 6.54 Å². The van der Waals surface area contributed by atoms with Gasteiger partial charge in [0.15, 0.2) is 5.65 Å². The number of hydrogen-bond acceptors (Lipinski definition) is 7. The first-order valence-electron chi connectivity index (χ1n) is 12.7. The fourth-order valence-electron chi connectivity index (χ4n) is 3.93. The van der Waals surface area contributed by atoms with Crippen LogP contribution in [0.4, 0.5) is 17.5 Å². The molecule has 0 aliphatic rings. The molecule has 0 fully saturated rings. The summed E-state index contributed by atoms with van der Waals surface area (Å²) >= 11 is 0. The number of imidazole rings is 1. The van der Waals surface area contributed by atoms with E-state index in [2.05, 4.69) is 54.6 Å². The molecule has 0 saturated carbocycles. The van der Waals surface area contributed by atoms with Crippen molar-refractivity contribution < 1.29 is 9.47 Å². The summed E-state index contributed by atoms with van der Waals surface area (Å²) < 4.78 is 13.1. The minimum Gasteiger partial charge on any atom is -0.497 e. The van der Waals surface area contributed by atoms with Gasteiger partial charge in [0.1, 0.15) is 22.8 Å². The van der Waals surface area contributed by atoms with Gasteiger partial charge in [0, 0.05) is 25.7 Å². The summed E-state index contributed by atoms with van der Waals surface area (Å²) in [7, 11) is 3.30. The lowest BCUT2D eigenvalue weighted by Gasteiger charge is -2.25. The van der Waals surface area contributed by atoms with E-state index in [0.29, 0.717) is 30.1 Å². The van der Waals surface area contributed by atoms with Gasteiger partial charge in [0.25, 0.3) is 0 Å². The highest BCUT2D eigenvalue weighted by Crippen LogP contribution is 2.33. The number of nitrogens with two attached hydrogens (primary N) is 1. The van der Waals surface area contributed by atoms with E-state index >= 15 is 0 Å². The molecule has 3 rings (SSSR count). The molecule has 0 bridgehead atoms. The first-order chi connectivity index (χ1) is 16.9. The Morgan fingerprint density at radius 2 is 1.69 bits per heavy atom. The summed E-state index contributed by atoms with van der Waals surface area (Å²) in [6, 6.07) is 9.83. The van der Waals surface area contributed by atoms with Gasteiger partial charge in [0.2, 0.25) is 5.95 Å². The fourth-order valence-corrected chi connectivity index (χ4v) is 3.93. The van der Waals surface area contributed by atoms with Crippen LogP contribution in [0.1, 0.15) is 47.0 Å². The van der Waals surface area contributed by atoms with Crippen LogP contribution >= 0.6 is 0 Å². The first-order valence-corrected chi connectivity index (χ1v) is 12.7. The lowest BCUT2D eigenvalue weighted by molar-refractivity contribution is 0.404. The molecule has 0 saturated heterocycles. The van der Waals surface area contributed by atoms with Crippen LogP contribution in [0.25, 0.3) is 11.2 Å². The summed E-state index contributed by atoms with van der Waals surface area (Å²) in [5.74, 6) is 4.45. The average molecular weight is 483 g/mol. The van der Waals surface area contributed by atoms with E-state index in [-0.39, 0.29) is 0 Å². The molecular formula is C27H42N6O2. The normalized spacial score (nSPS) is 11.5. The lowest BCUT2D eigenvalue weighted by Crippen LogP contribution is -2.28. The number of nitrogens with zero attached hydrogens (tertiary/aromatic N) is 4. The van der Waals surface area contributed by atoms with Crippen molar-refractivity contribution in [1.29, 1.82) is 0 Å². The number of anilines is 3. The molecule has 0 radical (unpaired) electrons. The summed E-state index contributed by atoms with van der Waals surface area (Å²) in [6.07, 6.45) is 3.09. The van der Waals surface area contributed by atoms with Gasteiger partial charge in [-0.1, -0.05) is 27.7 Å². The van der Waals surface area contributed by atoms with Gasteiger partial charge in [-0.15, -0.1) is 0 Å². The fraction of sp³-hybridized carbons (Fsp3) is 0.556. The van der Waals surface area contributed by atoms with E-state index in [1.54, 1.807) is 14.2 Å². The Morgan fingerprint density at radius 1 is 0.971 bits per heavy atom.